The molecule has 1 saturated heterocycles. The molecule has 8 nitrogen and oxygen atoms in total. The number of ether oxygens (including phenoxy) is 6. The van der Waals surface area contributed by atoms with Crippen LogP contribution in [0.5, 0.6) is 0 Å². The Bertz CT molecular complexity index is 917. The normalized spacial score (nSPS) is 24.2. The first kappa shape index (κ1) is 25.6. The van der Waals surface area contributed by atoms with Gasteiger partial charge in [-0.3, -0.25) is 4.79 Å². The first-order chi connectivity index (χ1) is 16.5. The molecular formula is C26H30O8. The van der Waals surface area contributed by atoms with Crippen LogP contribution in [0.25, 0.3) is 0 Å². The second-order valence-electron chi connectivity index (χ2n) is 7.67. The van der Waals surface area contributed by atoms with E-state index in [0.717, 1.165) is 11.1 Å². The van der Waals surface area contributed by atoms with Crippen molar-refractivity contribution in [1.82, 2.24) is 0 Å². The number of hydrogen-bond donors (Lipinski definition) is 0. The Morgan fingerprint density at radius 1 is 0.882 bits per heavy atom. The summed E-state index contributed by atoms with van der Waals surface area (Å²) in [4.78, 5) is 24.5. The fourth-order valence-corrected chi connectivity index (χ4v) is 3.63. The molecule has 0 N–H and O–H groups in total. The average molecular weight is 471 g/mol. The van der Waals surface area contributed by atoms with Gasteiger partial charge in [-0.2, -0.15) is 0 Å². The third kappa shape index (κ3) is 6.98. The monoisotopic (exact) mass is 470 g/mol. The van der Waals surface area contributed by atoms with E-state index in [0.29, 0.717) is 0 Å². The van der Waals surface area contributed by atoms with Crippen molar-refractivity contribution < 1.29 is 38.0 Å². The predicted octanol–water partition coefficient (Wildman–Crippen LogP) is 3.19. The van der Waals surface area contributed by atoms with Gasteiger partial charge in [-0.1, -0.05) is 66.7 Å². The maximum atomic E-state index is 12.6. The maximum Gasteiger partial charge on any atom is 0.339 e. The van der Waals surface area contributed by atoms with E-state index in [4.69, 9.17) is 28.4 Å². The first-order valence-corrected chi connectivity index (χ1v) is 11.0. The van der Waals surface area contributed by atoms with Gasteiger partial charge < -0.3 is 28.4 Å². The molecular weight excluding hydrogens is 440 g/mol. The minimum absolute atomic E-state index is 0.146. The van der Waals surface area contributed by atoms with Crippen LogP contribution in [-0.4, -0.2) is 56.4 Å². The Hall–Kier alpha value is -3.04. The second kappa shape index (κ2) is 13.0. The molecule has 3 rings (SSSR count). The highest BCUT2D eigenvalue weighted by Gasteiger charge is 2.53. The standard InChI is InChI=1S/C26H30O8/c1-4-15-30-26-24(32-17-20-13-9-6-10-14-20)21(31-16-19-11-7-5-8-12-19)22(33-18(2)27)23(34-26)25(28)29-3/h4-14,21-24,26H,1,15-17H2,2-3H3/t21-,22-,23-,24+,26-/m0/s1. The van der Waals surface area contributed by atoms with E-state index < -0.39 is 42.6 Å². The fraction of sp³-hybridized carbons (Fsp3) is 0.385. The highest BCUT2D eigenvalue weighted by Crippen LogP contribution is 2.31. The summed E-state index contributed by atoms with van der Waals surface area (Å²) in [5.74, 6) is -1.31. The number of carbonyl (C=O) groups excluding carboxylic acids is 2. The van der Waals surface area contributed by atoms with Gasteiger partial charge in [0.2, 0.25) is 0 Å². The van der Waals surface area contributed by atoms with E-state index in [1.165, 1.54) is 14.0 Å². The Balaban J connectivity index is 1.93. The summed E-state index contributed by atoms with van der Waals surface area (Å²) in [5, 5.41) is 0. The van der Waals surface area contributed by atoms with Crippen LogP contribution in [0.1, 0.15) is 18.1 Å². The molecule has 2 aromatic carbocycles. The minimum Gasteiger partial charge on any atom is -0.467 e. The first-order valence-electron chi connectivity index (χ1n) is 11.0. The van der Waals surface area contributed by atoms with E-state index in [2.05, 4.69) is 6.58 Å². The van der Waals surface area contributed by atoms with Gasteiger partial charge in [0.1, 0.15) is 12.2 Å². The predicted molar refractivity (Wildman–Crippen MR) is 122 cm³/mol. The van der Waals surface area contributed by atoms with Crippen LogP contribution in [0, 0.1) is 0 Å². The van der Waals surface area contributed by atoms with E-state index >= 15 is 0 Å². The summed E-state index contributed by atoms with van der Waals surface area (Å²) in [6, 6.07) is 19.1. The van der Waals surface area contributed by atoms with Gasteiger partial charge >= 0.3 is 11.9 Å². The molecule has 0 saturated carbocycles. The summed E-state index contributed by atoms with van der Waals surface area (Å²) < 4.78 is 34.6. The van der Waals surface area contributed by atoms with Crippen LogP contribution in [0.4, 0.5) is 0 Å². The van der Waals surface area contributed by atoms with Gasteiger partial charge in [0.05, 0.1) is 26.9 Å². The lowest BCUT2D eigenvalue weighted by molar-refractivity contribution is -0.312. The Morgan fingerprint density at radius 3 is 1.94 bits per heavy atom. The Labute approximate surface area is 199 Å². The lowest BCUT2D eigenvalue weighted by Crippen LogP contribution is -2.63. The quantitative estimate of drug-likeness (QED) is 0.365. The highest BCUT2D eigenvalue weighted by atomic mass is 16.7. The molecule has 5 atom stereocenters. The molecule has 0 aromatic heterocycles. The maximum absolute atomic E-state index is 12.6. The van der Waals surface area contributed by atoms with E-state index in [9.17, 15) is 9.59 Å². The van der Waals surface area contributed by atoms with Gasteiger partial charge in [-0.15, -0.1) is 6.58 Å². The van der Waals surface area contributed by atoms with Gasteiger partial charge in [0.25, 0.3) is 0 Å². The molecule has 1 fully saturated rings. The molecule has 0 bridgehead atoms. The SMILES string of the molecule is C=CCO[C@H]1O[C@H](C(=O)OC)[C@@H](OC(C)=O)[C@H](OCc2ccccc2)[C@H]1OCc1ccccc1. The molecule has 0 amide bonds. The molecule has 182 valence electrons. The summed E-state index contributed by atoms with van der Waals surface area (Å²) in [6.45, 7) is 5.49. The number of benzene rings is 2. The molecule has 8 heteroatoms. The highest BCUT2D eigenvalue weighted by molar-refractivity contribution is 5.76. The van der Waals surface area contributed by atoms with E-state index in [1.807, 2.05) is 60.7 Å². The van der Waals surface area contributed by atoms with E-state index in [-0.39, 0.29) is 19.8 Å². The van der Waals surface area contributed by atoms with Crippen LogP contribution in [0.15, 0.2) is 73.3 Å². The third-order valence-corrected chi connectivity index (χ3v) is 5.18. The van der Waals surface area contributed by atoms with Crippen molar-refractivity contribution in [1.29, 1.82) is 0 Å². The van der Waals surface area contributed by atoms with Gasteiger partial charge in [0.15, 0.2) is 18.5 Å². The van der Waals surface area contributed by atoms with Crippen LogP contribution in [0.2, 0.25) is 0 Å². The second-order valence-corrected chi connectivity index (χ2v) is 7.67. The smallest absolute Gasteiger partial charge is 0.339 e. The lowest BCUT2D eigenvalue weighted by atomic mass is 9.97. The number of hydrogen-bond acceptors (Lipinski definition) is 8. The molecule has 2 aromatic rings. The lowest BCUT2D eigenvalue weighted by Gasteiger charge is -2.44. The Kier molecular flexibility index (Phi) is 9.78. The minimum atomic E-state index is -1.26. The third-order valence-electron chi connectivity index (χ3n) is 5.18. The fourth-order valence-electron chi connectivity index (χ4n) is 3.63. The van der Waals surface area contributed by atoms with Crippen LogP contribution < -0.4 is 0 Å². The van der Waals surface area contributed by atoms with Crippen LogP contribution in [0.3, 0.4) is 0 Å². The molecule has 1 aliphatic heterocycles. The number of esters is 2. The van der Waals surface area contributed by atoms with E-state index in [1.54, 1.807) is 6.08 Å². The van der Waals surface area contributed by atoms with Gasteiger partial charge in [-0.05, 0) is 11.1 Å². The number of rotatable bonds is 11. The van der Waals surface area contributed by atoms with Crippen LogP contribution >= 0.6 is 0 Å². The molecule has 0 aliphatic carbocycles. The van der Waals surface area contributed by atoms with Crippen molar-refractivity contribution in [2.45, 2.75) is 50.8 Å². The van der Waals surface area contributed by atoms with Crippen molar-refractivity contribution in [2.75, 3.05) is 13.7 Å². The zero-order chi connectivity index (χ0) is 24.3. The summed E-state index contributed by atoms with van der Waals surface area (Å²) in [6.07, 6.45) is -3.53. The largest absolute Gasteiger partial charge is 0.467 e. The molecule has 34 heavy (non-hydrogen) atoms. The summed E-state index contributed by atoms with van der Waals surface area (Å²) in [5.41, 5.74) is 1.82. The molecule has 1 heterocycles. The Morgan fingerprint density at radius 2 is 1.44 bits per heavy atom. The number of methoxy groups -OCH3 is 1. The van der Waals surface area contributed by atoms with Crippen LogP contribution in [-0.2, 0) is 51.2 Å². The molecule has 0 radical (unpaired) electrons. The zero-order valence-corrected chi connectivity index (χ0v) is 19.3. The summed E-state index contributed by atoms with van der Waals surface area (Å²) >= 11 is 0. The van der Waals surface area contributed by atoms with Gasteiger partial charge in [0, 0.05) is 6.92 Å². The van der Waals surface area contributed by atoms with Crippen molar-refractivity contribution in [2.24, 2.45) is 0 Å². The van der Waals surface area contributed by atoms with Crippen molar-refractivity contribution in [3.05, 3.63) is 84.4 Å². The number of carbonyl (C=O) groups is 2. The summed E-state index contributed by atoms with van der Waals surface area (Å²) in [7, 11) is 1.23. The molecule has 1 aliphatic rings. The van der Waals surface area contributed by atoms with Crippen molar-refractivity contribution >= 4 is 11.9 Å². The zero-order valence-electron chi connectivity index (χ0n) is 19.3. The molecule has 0 spiro atoms. The molecule has 0 unspecified atom stereocenters. The van der Waals surface area contributed by atoms with Gasteiger partial charge in [-0.25, -0.2) is 4.79 Å². The average Bonchev–Trinajstić information content (AvgIpc) is 2.86. The van der Waals surface area contributed by atoms with Crippen molar-refractivity contribution in [3.63, 3.8) is 0 Å². The van der Waals surface area contributed by atoms with Crippen molar-refractivity contribution in [3.8, 4) is 0 Å². The topological polar surface area (TPSA) is 89.5 Å².